The lowest BCUT2D eigenvalue weighted by molar-refractivity contribution is 0.965. The van der Waals surface area contributed by atoms with Gasteiger partial charge in [-0.2, -0.15) is 0 Å². The normalized spacial score (nSPS) is 10.6. The van der Waals surface area contributed by atoms with Crippen molar-refractivity contribution in [1.82, 2.24) is 19.7 Å². The third kappa shape index (κ3) is 2.55. The Labute approximate surface area is 121 Å². The van der Waals surface area contributed by atoms with E-state index in [0.717, 1.165) is 22.5 Å². The van der Waals surface area contributed by atoms with Crippen molar-refractivity contribution >= 4 is 11.6 Å². The second-order valence-corrected chi connectivity index (χ2v) is 4.82. The molecule has 1 aromatic carbocycles. The van der Waals surface area contributed by atoms with E-state index in [4.69, 9.17) is 0 Å². The van der Waals surface area contributed by atoms with Gasteiger partial charge in [0.05, 0.1) is 5.69 Å². The number of aromatic amines is 1. The number of aromatic nitrogens is 4. The SMILES string of the molecule is Cc1cc(Nc2nc[nH]n2)cc(C)c1-n1ccccc1=O. The summed E-state index contributed by atoms with van der Waals surface area (Å²) in [5.41, 5.74) is 3.75. The van der Waals surface area contributed by atoms with Gasteiger partial charge in [-0.3, -0.25) is 14.5 Å². The summed E-state index contributed by atoms with van der Waals surface area (Å²) in [5, 5.41) is 9.74. The number of benzene rings is 1. The number of nitrogens with one attached hydrogen (secondary N) is 2. The molecule has 0 bridgehead atoms. The zero-order valence-electron chi connectivity index (χ0n) is 11.8. The number of aryl methyl sites for hydroxylation is 2. The Morgan fingerprint density at radius 3 is 2.57 bits per heavy atom. The molecule has 6 nitrogen and oxygen atoms in total. The minimum absolute atomic E-state index is 0.0432. The first-order valence-corrected chi connectivity index (χ1v) is 6.57. The van der Waals surface area contributed by atoms with Gasteiger partial charge in [0.25, 0.3) is 5.56 Å². The van der Waals surface area contributed by atoms with E-state index < -0.39 is 0 Å². The van der Waals surface area contributed by atoms with Crippen molar-refractivity contribution in [2.24, 2.45) is 0 Å². The molecule has 0 aliphatic rings. The first-order chi connectivity index (χ1) is 10.1. The molecule has 0 saturated carbocycles. The van der Waals surface area contributed by atoms with E-state index in [0.29, 0.717) is 5.95 Å². The van der Waals surface area contributed by atoms with Crippen LogP contribution < -0.4 is 10.9 Å². The second-order valence-electron chi connectivity index (χ2n) is 4.82. The number of nitrogens with zero attached hydrogens (tertiary/aromatic N) is 3. The van der Waals surface area contributed by atoms with E-state index >= 15 is 0 Å². The molecule has 2 N–H and O–H groups in total. The molecule has 21 heavy (non-hydrogen) atoms. The van der Waals surface area contributed by atoms with Crippen LogP contribution in [0.4, 0.5) is 11.6 Å². The molecule has 0 saturated heterocycles. The van der Waals surface area contributed by atoms with Crippen molar-refractivity contribution in [3.8, 4) is 5.69 Å². The number of anilines is 2. The van der Waals surface area contributed by atoms with E-state index in [1.54, 1.807) is 22.9 Å². The minimum atomic E-state index is -0.0432. The molecule has 3 rings (SSSR count). The molecule has 0 spiro atoms. The van der Waals surface area contributed by atoms with Gasteiger partial charge in [0.1, 0.15) is 6.33 Å². The van der Waals surface area contributed by atoms with Gasteiger partial charge in [-0.1, -0.05) is 6.07 Å². The monoisotopic (exact) mass is 281 g/mol. The molecule has 0 atom stereocenters. The van der Waals surface area contributed by atoms with Crippen molar-refractivity contribution in [2.75, 3.05) is 5.32 Å². The third-order valence-electron chi connectivity index (χ3n) is 3.23. The summed E-state index contributed by atoms with van der Waals surface area (Å²) >= 11 is 0. The quantitative estimate of drug-likeness (QED) is 0.772. The smallest absolute Gasteiger partial charge is 0.255 e. The molecule has 0 aliphatic carbocycles. The fourth-order valence-corrected chi connectivity index (χ4v) is 2.42. The van der Waals surface area contributed by atoms with E-state index in [-0.39, 0.29) is 5.56 Å². The molecular formula is C15H15N5O. The summed E-state index contributed by atoms with van der Waals surface area (Å²) in [7, 11) is 0. The third-order valence-corrected chi connectivity index (χ3v) is 3.23. The average molecular weight is 281 g/mol. The summed E-state index contributed by atoms with van der Waals surface area (Å²) in [6, 6.07) is 9.08. The van der Waals surface area contributed by atoms with E-state index in [2.05, 4.69) is 20.5 Å². The summed E-state index contributed by atoms with van der Waals surface area (Å²) in [5.74, 6) is 0.512. The van der Waals surface area contributed by atoms with Gasteiger partial charge in [-0.15, -0.1) is 5.10 Å². The van der Waals surface area contributed by atoms with Gasteiger partial charge in [-0.05, 0) is 43.2 Å². The van der Waals surface area contributed by atoms with E-state index in [9.17, 15) is 4.79 Å². The van der Waals surface area contributed by atoms with Gasteiger partial charge in [-0.25, -0.2) is 4.98 Å². The first-order valence-electron chi connectivity index (χ1n) is 6.57. The Hall–Kier alpha value is -2.89. The molecular weight excluding hydrogens is 266 g/mol. The fourth-order valence-electron chi connectivity index (χ4n) is 2.42. The summed E-state index contributed by atoms with van der Waals surface area (Å²) in [6.45, 7) is 3.95. The van der Waals surface area contributed by atoms with Gasteiger partial charge < -0.3 is 5.32 Å². The molecule has 0 fully saturated rings. The maximum Gasteiger partial charge on any atom is 0.255 e. The maximum atomic E-state index is 12.0. The zero-order chi connectivity index (χ0) is 14.8. The molecule has 3 aromatic rings. The largest absolute Gasteiger partial charge is 0.323 e. The van der Waals surface area contributed by atoms with Crippen LogP contribution in [0.2, 0.25) is 0 Å². The van der Waals surface area contributed by atoms with Crippen LogP contribution in [-0.2, 0) is 0 Å². The zero-order valence-corrected chi connectivity index (χ0v) is 11.8. The van der Waals surface area contributed by atoms with Crippen LogP contribution in [0.5, 0.6) is 0 Å². The predicted molar refractivity (Wildman–Crippen MR) is 81.2 cm³/mol. The predicted octanol–water partition coefficient (Wildman–Crippen LogP) is 2.32. The number of hydrogen-bond donors (Lipinski definition) is 2. The van der Waals surface area contributed by atoms with Crippen LogP contribution in [-0.4, -0.2) is 19.7 Å². The van der Waals surface area contributed by atoms with Crippen molar-refractivity contribution < 1.29 is 0 Å². The highest BCUT2D eigenvalue weighted by Gasteiger charge is 2.09. The van der Waals surface area contributed by atoms with Crippen LogP contribution in [0.1, 0.15) is 11.1 Å². The Morgan fingerprint density at radius 1 is 1.19 bits per heavy atom. The van der Waals surface area contributed by atoms with Gasteiger partial charge in [0, 0.05) is 18.0 Å². The highest BCUT2D eigenvalue weighted by atomic mass is 16.1. The fraction of sp³-hybridized carbons (Fsp3) is 0.133. The van der Waals surface area contributed by atoms with Crippen molar-refractivity contribution in [1.29, 1.82) is 0 Å². The summed E-state index contributed by atoms with van der Waals surface area (Å²) in [6.07, 6.45) is 3.29. The van der Waals surface area contributed by atoms with Crippen molar-refractivity contribution in [3.05, 3.63) is 64.3 Å². The van der Waals surface area contributed by atoms with E-state index in [1.165, 1.54) is 6.33 Å². The van der Waals surface area contributed by atoms with Crippen molar-refractivity contribution in [3.63, 3.8) is 0 Å². The number of H-pyrrole nitrogens is 1. The Kier molecular flexibility index (Phi) is 3.27. The Balaban J connectivity index is 2.05. The molecule has 0 unspecified atom stereocenters. The topological polar surface area (TPSA) is 75.6 Å². The van der Waals surface area contributed by atoms with Crippen LogP contribution in [0, 0.1) is 13.8 Å². The maximum absolute atomic E-state index is 12.0. The molecule has 0 radical (unpaired) electrons. The molecule has 2 heterocycles. The van der Waals surface area contributed by atoms with Gasteiger partial charge in [0.2, 0.25) is 5.95 Å². The highest BCUT2D eigenvalue weighted by Crippen LogP contribution is 2.24. The Bertz CT molecular complexity index is 797. The molecule has 6 heteroatoms. The number of hydrogen-bond acceptors (Lipinski definition) is 4. The summed E-state index contributed by atoms with van der Waals surface area (Å²) in [4.78, 5) is 16.0. The van der Waals surface area contributed by atoms with E-state index in [1.807, 2.05) is 32.0 Å². The van der Waals surface area contributed by atoms with Crippen LogP contribution >= 0.6 is 0 Å². The van der Waals surface area contributed by atoms with Crippen molar-refractivity contribution in [2.45, 2.75) is 13.8 Å². The van der Waals surface area contributed by atoms with Gasteiger partial charge in [0.15, 0.2) is 0 Å². The standard InChI is InChI=1S/C15H15N5O/c1-10-7-12(18-15-16-9-17-19-15)8-11(2)14(10)20-6-4-3-5-13(20)21/h3-9H,1-2H3,(H2,16,17,18,19). The van der Waals surface area contributed by atoms with Crippen LogP contribution in [0.3, 0.4) is 0 Å². The second kappa shape index (κ2) is 5.24. The lowest BCUT2D eigenvalue weighted by atomic mass is 10.1. The molecule has 0 amide bonds. The highest BCUT2D eigenvalue weighted by molar-refractivity contribution is 5.62. The lowest BCUT2D eigenvalue weighted by Gasteiger charge is -2.14. The van der Waals surface area contributed by atoms with Crippen LogP contribution in [0.25, 0.3) is 5.69 Å². The summed E-state index contributed by atoms with van der Waals surface area (Å²) < 4.78 is 1.65. The molecule has 2 aromatic heterocycles. The molecule has 0 aliphatic heterocycles. The van der Waals surface area contributed by atoms with Gasteiger partial charge >= 0.3 is 0 Å². The Morgan fingerprint density at radius 2 is 1.95 bits per heavy atom. The number of pyridine rings is 1. The lowest BCUT2D eigenvalue weighted by Crippen LogP contribution is -2.17. The number of rotatable bonds is 3. The average Bonchev–Trinajstić information content (AvgIpc) is 2.93. The van der Waals surface area contributed by atoms with Crippen LogP contribution in [0.15, 0.2) is 47.7 Å². The molecule has 106 valence electrons. The first kappa shape index (κ1) is 13.1. The minimum Gasteiger partial charge on any atom is -0.323 e.